The van der Waals surface area contributed by atoms with Crippen molar-refractivity contribution in [3.8, 4) is 0 Å². The molecule has 1 N–H and O–H groups in total. The van der Waals surface area contributed by atoms with Crippen LogP contribution in [-0.4, -0.2) is 48.0 Å². The number of likely N-dealkylation sites (tertiary alicyclic amines) is 1. The van der Waals surface area contributed by atoms with E-state index in [-0.39, 0.29) is 29.0 Å². The smallest absolute Gasteiger partial charge is 0.255 e. The van der Waals surface area contributed by atoms with E-state index in [0.29, 0.717) is 37.6 Å². The third-order valence-electron chi connectivity index (χ3n) is 6.01. The van der Waals surface area contributed by atoms with Gasteiger partial charge in [0, 0.05) is 49.3 Å². The number of carbonyl (C=O) groups is 2. The summed E-state index contributed by atoms with van der Waals surface area (Å²) >= 11 is 0. The molecule has 2 fully saturated rings. The zero-order valence-corrected chi connectivity index (χ0v) is 16.4. The number of halogens is 1. The summed E-state index contributed by atoms with van der Waals surface area (Å²) in [6, 6.07) is 9.29. The van der Waals surface area contributed by atoms with Crippen molar-refractivity contribution in [2.75, 3.05) is 31.6 Å². The fourth-order valence-corrected chi connectivity index (χ4v) is 4.31. The van der Waals surface area contributed by atoms with Crippen LogP contribution < -0.4 is 5.32 Å². The largest absolute Gasteiger partial charge is 0.381 e. The van der Waals surface area contributed by atoms with Crippen molar-refractivity contribution < 1.29 is 18.7 Å². The Hall–Kier alpha value is -2.80. The molecule has 2 aliphatic rings. The Morgan fingerprint density at radius 2 is 1.90 bits per heavy atom. The first-order chi connectivity index (χ1) is 14.0. The number of anilines is 1. The lowest BCUT2D eigenvalue weighted by Crippen LogP contribution is -2.42. The fourth-order valence-electron chi connectivity index (χ4n) is 4.31. The third kappa shape index (κ3) is 4.00. The van der Waals surface area contributed by atoms with Crippen LogP contribution in [0.3, 0.4) is 0 Å². The van der Waals surface area contributed by atoms with Crippen LogP contribution in [0.1, 0.15) is 28.9 Å². The van der Waals surface area contributed by atoms with E-state index < -0.39 is 0 Å². The quantitative estimate of drug-likeness (QED) is 0.864. The molecule has 152 valence electrons. The van der Waals surface area contributed by atoms with Gasteiger partial charge in [0.1, 0.15) is 5.82 Å². The van der Waals surface area contributed by atoms with Gasteiger partial charge in [0.05, 0.1) is 11.5 Å². The van der Waals surface area contributed by atoms with Crippen molar-refractivity contribution in [2.24, 2.45) is 11.3 Å². The van der Waals surface area contributed by atoms with Gasteiger partial charge in [-0.15, -0.1) is 0 Å². The lowest BCUT2D eigenvalue weighted by Gasteiger charge is -2.37. The molecule has 2 saturated heterocycles. The SMILES string of the molecule is Cc1ccc(C(=O)N2CC(C(=O)Nc3ccc(F)cc3)C3(CCOCC3)C2)cn1. The third-order valence-corrected chi connectivity index (χ3v) is 6.01. The highest BCUT2D eigenvalue weighted by molar-refractivity contribution is 5.97. The maximum Gasteiger partial charge on any atom is 0.255 e. The molecule has 29 heavy (non-hydrogen) atoms. The highest BCUT2D eigenvalue weighted by Gasteiger charge is 2.51. The van der Waals surface area contributed by atoms with Crippen LogP contribution in [0.25, 0.3) is 0 Å². The number of nitrogens with one attached hydrogen (secondary N) is 1. The van der Waals surface area contributed by atoms with Crippen LogP contribution in [0.4, 0.5) is 10.1 Å². The van der Waals surface area contributed by atoms with Crippen molar-refractivity contribution in [3.63, 3.8) is 0 Å². The predicted octanol–water partition coefficient (Wildman–Crippen LogP) is 3.04. The average Bonchev–Trinajstić information content (AvgIpc) is 3.09. The van der Waals surface area contributed by atoms with Gasteiger partial charge < -0.3 is 15.0 Å². The zero-order chi connectivity index (χ0) is 20.4. The summed E-state index contributed by atoms with van der Waals surface area (Å²) in [5.41, 5.74) is 1.61. The predicted molar refractivity (Wildman–Crippen MR) is 106 cm³/mol. The number of rotatable bonds is 3. The standard InChI is InChI=1S/C22H24FN3O3/c1-15-2-3-16(12-24-15)21(28)26-13-19(22(14-26)8-10-29-11-9-22)20(27)25-18-6-4-17(23)5-7-18/h2-7,12,19H,8-11,13-14H2,1H3,(H,25,27). The van der Waals surface area contributed by atoms with Crippen molar-refractivity contribution in [1.82, 2.24) is 9.88 Å². The normalized spacial score (nSPS) is 20.6. The molecule has 1 unspecified atom stereocenters. The van der Waals surface area contributed by atoms with Crippen LogP contribution >= 0.6 is 0 Å². The maximum atomic E-state index is 13.2. The van der Waals surface area contributed by atoms with E-state index in [1.54, 1.807) is 29.3 Å². The van der Waals surface area contributed by atoms with Crippen LogP contribution in [0, 0.1) is 24.1 Å². The van der Waals surface area contributed by atoms with Crippen LogP contribution in [0.2, 0.25) is 0 Å². The highest BCUT2D eigenvalue weighted by Crippen LogP contribution is 2.45. The number of aryl methyl sites for hydroxylation is 1. The Bertz CT molecular complexity index is 893. The molecule has 0 radical (unpaired) electrons. The molecular formula is C22H24FN3O3. The first-order valence-corrected chi connectivity index (χ1v) is 9.83. The van der Waals surface area contributed by atoms with Gasteiger partial charge >= 0.3 is 0 Å². The fraction of sp³-hybridized carbons (Fsp3) is 0.409. The topological polar surface area (TPSA) is 71.5 Å². The van der Waals surface area contributed by atoms with Crippen molar-refractivity contribution in [2.45, 2.75) is 19.8 Å². The molecular weight excluding hydrogens is 373 g/mol. The number of hydrogen-bond acceptors (Lipinski definition) is 4. The summed E-state index contributed by atoms with van der Waals surface area (Å²) in [6.07, 6.45) is 3.04. The van der Waals surface area contributed by atoms with E-state index in [1.807, 2.05) is 13.0 Å². The summed E-state index contributed by atoms with van der Waals surface area (Å²) in [5.74, 6) is -0.955. The van der Waals surface area contributed by atoms with E-state index in [4.69, 9.17) is 4.74 Å². The minimum Gasteiger partial charge on any atom is -0.381 e. The van der Waals surface area contributed by atoms with E-state index in [1.165, 1.54) is 12.1 Å². The number of ether oxygens (including phenoxy) is 1. The van der Waals surface area contributed by atoms with Crippen LogP contribution in [0.5, 0.6) is 0 Å². The van der Waals surface area contributed by atoms with Gasteiger partial charge in [-0.1, -0.05) is 0 Å². The van der Waals surface area contributed by atoms with Gasteiger partial charge in [-0.2, -0.15) is 0 Å². The van der Waals surface area contributed by atoms with Crippen LogP contribution in [-0.2, 0) is 9.53 Å². The number of benzene rings is 1. The van der Waals surface area contributed by atoms with Gasteiger partial charge in [0.2, 0.25) is 5.91 Å². The molecule has 0 aliphatic carbocycles. The first-order valence-electron chi connectivity index (χ1n) is 9.83. The minimum absolute atomic E-state index is 0.111. The maximum absolute atomic E-state index is 13.2. The summed E-state index contributed by atoms with van der Waals surface area (Å²) in [6.45, 7) is 3.89. The second-order valence-electron chi connectivity index (χ2n) is 7.90. The Morgan fingerprint density at radius 1 is 1.17 bits per heavy atom. The number of hydrogen-bond donors (Lipinski definition) is 1. The summed E-state index contributed by atoms with van der Waals surface area (Å²) in [5, 5.41) is 2.89. The van der Waals surface area contributed by atoms with Gasteiger partial charge in [-0.3, -0.25) is 14.6 Å². The second-order valence-corrected chi connectivity index (χ2v) is 7.90. The lowest BCUT2D eigenvalue weighted by atomic mass is 9.71. The molecule has 1 spiro atoms. The number of pyridine rings is 1. The molecule has 0 saturated carbocycles. The summed E-state index contributed by atoms with van der Waals surface area (Å²) in [4.78, 5) is 32.1. The van der Waals surface area contributed by atoms with Gasteiger partial charge in [-0.05, 0) is 56.2 Å². The summed E-state index contributed by atoms with van der Waals surface area (Å²) < 4.78 is 18.7. The highest BCUT2D eigenvalue weighted by atomic mass is 19.1. The Kier molecular flexibility index (Phi) is 5.32. The lowest BCUT2D eigenvalue weighted by molar-refractivity contribution is -0.124. The molecule has 2 aromatic rings. The number of aromatic nitrogens is 1. The molecule has 6 nitrogen and oxygen atoms in total. The molecule has 0 bridgehead atoms. The molecule has 1 atom stereocenters. The Morgan fingerprint density at radius 3 is 2.55 bits per heavy atom. The molecule has 1 aromatic carbocycles. The molecule has 4 rings (SSSR count). The molecule has 3 heterocycles. The van der Waals surface area contributed by atoms with Gasteiger partial charge in [0.25, 0.3) is 5.91 Å². The van der Waals surface area contributed by atoms with Crippen molar-refractivity contribution in [1.29, 1.82) is 0 Å². The Labute approximate surface area is 169 Å². The zero-order valence-electron chi connectivity index (χ0n) is 16.4. The molecule has 2 aliphatic heterocycles. The molecule has 7 heteroatoms. The van der Waals surface area contributed by atoms with Gasteiger partial charge in [0.15, 0.2) is 0 Å². The van der Waals surface area contributed by atoms with Crippen molar-refractivity contribution in [3.05, 3.63) is 59.7 Å². The number of amides is 2. The van der Waals surface area contributed by atoms with E-state index >= 15 is 0 Å². The molecule has 2 amide bonds. The van der Waals surface area contributed by atoms with E-state index in [0.717, 1.165) is 18.5 Å². The Balaban J connectivity index is 1.55. The average molecular weight is 397 g/mol. The van der Waals surface area contributed by atoms with Gasteiger partial charge in [-0.25, -0.2) is 4.39 Å². The second kappa shape index (κ2) is 7.91. The van der Waals surface area contributed by atoms with Crippen LogP contribution in [0.15, 0.2) is 42.6 Å². The molecule has 1 aromatic heterocycles. The monoisotopic (exact) mass is 397 g/mol. The number of carbonyl (C=O) groups excluding carboxylic acids is 2. The summed E-state index contributed by atoms with van der Waals surface area (Å²) in [7, 11) is 0. The minimum atomic E-state index is -0.353. The number of nitrogens with zero attached hydrogens (tertiary/aromatic N) is 2. The van der Waals surface area contributed by atoms with E-state index in [2.05, 4.69) is 10.3 Å². The van der Waals surface area contributed by atoms with E-state index in [9.17, 15) is 14.0 Å². The van der Waals surface area contributed by atoms with Crippen molar-refractivity contribution >= 4 is 17.5 Å². The first kappa shape index (κ1) is 19.5.